The van der Waals surface area contributed by atoms with Gasteiger partial charge in [0.25, 0.3) is 5.91 Å². The number of rotatable bonds is 7. The number of nitrogens with one attached hydrogen (secondary N) is 1. The SMILES string of the molecule is CCOCCN1C(=O)N[C@@](Cc2ccccc2)(c2ccccc2)C1=O. The van der Waals surface area contributed by atoms with Gasteiger partial charge in [0.05, 0.1) is 13.2 Å². The Labute approximate surface area is 147 Å². The van der Waals surface area contributed by atoms with Crippen molar-refractivity contribution in [1.82, 2.24) is 10.2 Å². The van der Waals surface area contributed by atoms with Gasteiger partial charge in [-0.25, -0.2) is 4.79 Å². The minimum absolute atomic E-state index is 0.229. The highest BCUT2D eigenvalue weighted by Crippen LogP contribution is 2.32. The molecule has 3 amide bonds. The Bertz CT molecular complexity index is 733. The van der Waals surface area contributed by atoms with Crippen LogP contribution in [0.5, 0.6) is 0 Å². The van der Waals surface area contributed by atoms with Crippen LogP contribution in [0, 0.1) is 0 Å². The number of amides is 3. The average molecular weight is 338 g/mol. The minimum Gasteiger partial charge on any atom is -0.380 e. The number of benzene rings is 2. The highest BCUT2D eigenvalue weighted by Gasteiger charge is 2.52. The van der Waals surface area contributed by atoms with E-state index in [1.165, 1.54) is 4.90 Å². The van der Waals surface area contributed by atoms with Gasteiger partial charge < -0.3 is 10.1 Å². The van der Waals surface area contributed by atoms with E-state index >= 15 is 0 Å². The molecule has 3 rings (SSSR count). The van der Waals surface area contributed by atoms with Crippen molar-refractivity contribution in [3.05, 3.63) is 71.8 Å². The van der Waals surface area contributed by atoms with Crippen LogP contribution in [0.4, 0.5) is 4.79 Å². The second-order valence-corrected chi connectivity index (χ2v) is 6.02. The molecule has 1 aliphatic heterocycles. The zero-order chi connectivity index (χ0) is 17.7. The average Bonchev–Trinajstić information content (AvgIpc) is 2.88. The Balaban J connectivity index is 1.95. The van der Waals surface area contributed by atoms with Crippen LogP contribution in [0.25, 0.3) is 0 Å². The van der Waals surface area contributed by atoms with Crippen LogP contribution in [0.15, 0.2) is 60.7 Å². The third-order valence-corrected chi connectivity index (χ3v) is 4.42. The maximum Gasteiger partial charge on any atom is 0.325 e. The number of hydrogen-bond donors (Lipinski definition) is 1. The summed E-state index contributed by atoms with van der Waals surface area (Å²) in [6.45, 7) is 3.03. The molecule has 0 bridgehead atoms. The lowest BCUT2D eigenvalue weighted by Gasteiger charge is -2.27. The van der Waals surface area contributed by atoms with Gasteiger partial charge >= 0.3 is 6.03 Å². The van der Waals surface area contributed by atoms with Gasteiger partial charge in [-0.05, 0) is 18.1 Å². The molecule has 1 saturated heterocycles. The van der Waals surface area contributed by atoms with Gasteiger partial charge in [0.1, 0.15) is 0 Å². The van der Waals surface area contributed by atoms with Crippen LogP contribution in [0.3, 0.4) is 0 Å². The summed E-state index contributed by atoms with van der Waals surface area (Å²) in [5, 5.41) is 2.94. The molecule has 130 valence electrons. The van der Waals surface area contributed by atoms with E-state index in [1.54, 1.807) is 0 Å². The van der Waals surface area contributed by atoms with Crippen LogP contribution in [0.2, 0.25) is 0 Å². The van der Waals surface area contributed by atoms with Crippen molar-refractivity contribution in [3.8, 4) is 0 Å². The van der Waals surface area contributed by atoms with Crippen molar-refractivity contribution in [3.63, 3.8) is 0 Å². The van der Waals surface area contributed by atoms with E-state index in [-0.39, 0.29) is 18.5 Å². The van der Waals surface area contributed by atoms with E-state index in [4.69, 9.17) is 4.74 Å². The molecular weight excluding hydrogens is 316 g/mol. The fourth-order valence-corrected chi connectivity index (χ4v) is 3.17. The molecule has 2 aromatic rings. The number of nitrogens with zero attached hydrogens (tertiary/aromatic N) is 1. The van der Waals surface area contributed by atoms with Gasteiger partial charge in [-0.1, -0.05) is 60.7 Å². The molecule has 1 fully saturated rings. The monoisotopic (exact) mass is 338 g/mol. The number of imide groups is 1. The molecule has 0 aromatic heterocycles. The van der Waals surface area contributed by atoms with Crippen molar-refractivity contribution < 1.29 is 14.3 Å². The standard InChI is InChI=1S/C20H22N2O3/c1-2-25-14-13-22-18(23)20(21-19(22)24,17-11-7-4-8-12-17)15-16-9-5-3-6-10-16/h3-12H,2,13-15H2,1H3,(H,21,24)/t20-/m0/s1. The molecule has 1 aliphatic rings. The first-order chi connectivity index (χ1) is 12.2. The van der Waals surface area contributed by atoms with Crippen molar-refractivity contribution in [2.24, 2.45) is 0 Å². The summed E-state index contributed by atoms with van der Waals surface area (Å²) in [6.07, 6.45) is 0.410. The summed E-state index contributed by atoms with van der Waals surface area (Å²) in [4.78, 5) is 27.0. The van der Waals surface area contributed by atoms with Gasteiger partial charge in [-0.3, -0.25) is 9.69 Å². The minimum atomic E-state index is -1.08. The molecule has 1 atom stereocenters. The van der Waals surface area contributed by atoms with Gasteiger partial charge in [-0.15, -0.1) is 0 Å². The lowest BCUT2D eigenvalue weighted by Crippen LogP contribution is -2.46. The normalized spacial score (nSPS) is 20.0. The summed E-state index contributed by atoms with van der Waals surface area (Å²) in [5.74, 6) is -0.229. The smallest absolute Gasteiger partial charge is 0.325 e. The topological polar surface area (TPSA) is 58.6 Å². The quantitative estimate of drug-likeness (QED) is 0.624. The molecule has 0 saturated carbocycles. The third-order valence-electron chi connectivity index (χ3n) is 4.42. The van der Waals surface area contributed by atoms with Crippen LogP contribution in [0.1, 0.15) is 18.1 Å². The molecule has 1 N–H and O–H groups in total. The summed E-state index contributed by atoms with van der Waals surface area (Å²) in [6, 6.07) is 18.8. The van der Waals surface area contributed by atoms with Gasteiger partial charge in [0.2, 0.25) is 0 Å². The van der Waals surface area contributed by atoms with Crippen LogP contribution in [-0.2, 0) is 21.5 Å². The maximum absolute atomic E-state index is 13.2. The second kappa shape index (κ2) is 7.49. The Morgan fingerprint density at radius 2 is 1.64 bits per heavy atom. The predicted octanol–water partition coefficient (Wildman–Crippen LogP) is 2.71. The van der Waals surface area contributed by atoms with Crippen LogP contribution in [-0.4, -0.2) is 36.6 Å². The van der Waals surface area contributed by atoms with Gasteiger partial charge in [0, 0.05) is 13.0 Å². The number of urea groups is 1. The summed E-state index contributed by atoms with van der Waals surface area (Å²) in [7, 11) is 0. The molecule has 0 spiro atoms. The van der Waals surface area contributed by atoms with E-state index in [1.807, 2.05) is 67.6 Å². The summed E-state index contributed by atoms with van der Waals surface area (Å²) < 4.78 is 5.31. The molecule has 5 nitrogen and oxygen atoms in total. The van der Waals surface area contributed by atoms with Crippen molar-refractivity contribution >= 4 is 11.9 Å². The van der Waals surface area contributed by atoms with Crippen molar-refractivity contribution in [2.75, 3.05) is 19.8 Å². The van der Waals surface area contributed by atoms with E-state index in [0.717, 1.165) is 11.1 Å². The third kappa shape index (κ3) is 3.42. The van der Waals surface area contributed by atoms with Gasteiger partial charge in [-0.2, -0.15) is 0 Å². The molecule has 0 aliphatic carbocycles. The molecule has 25 heavy (non-hydrogen) atoms. The van der Waals surface area contributed by atoms with E-state index < -0.39 is 5.54 Å². The van der Waals surface area contributed by atoms with E-state index in [2.05, 4.69) is 5.32 Å². The molecule has 5 heteroatoms. The number of hydrogen-bond acceptors (Lipinski definition) is 3. The molecule has 2 aromatic carbocycles. The lowest BCUT2D eigenvalue weighted by atomic mass is 9.83. The van der Waals surface area contributed by atoms with Gasteiger partial charge in [0.15, 0.2) is 5.54 Å². The summed E-state index contributed by atoms with van der Waals surface area (Å²) >= 11 is 0. The number of carbonyl (C=O) groups excluding carboxylic acids is 2. The number of ether oxygens (including phenoxy) is 1. The molecule has 1 heterocycles. The Morgan fingerprint density at radius 3 is 2.28 bits per heavy atom. The largest absolute Gasteiger partial charge is 0.380 e. The fourth-order valence-electron chi connectivity index (χ4n) is 3.17. The van der Waals surface area contributed by atoms with E-state index in [9.17, 15) is 9.59 Å². The first-order valence-corrected chi connectivity index (χ1v) is 8.48. The second-order valence-electron chi connectivity index (χ2n) is 6.02. The highest BCUT2D eigenvalue weighted by molar-refractivity contribution is 6.07. The van der Waals surface area contributed by atoms with Crippen molar-refractivity contribution in [1.29, 1.82) is 0 Å². The number of carbonyl (C=O) groups is 2. The van der Waals surface area contributed by atoms with Crippen LogP contribution >= 0.6 is 0 Å². The van der Waals surface area contributed by atoms with E-state index in [0.29, 0.717) is 19.6 Å². The van der Waals surface area contributed by atoms with Crippen LogP contribution < -0.4 is 5.32 Å². The molecule has 0 radical (unpaired) electrons. The maximum atomic E-state index is 13.2. The predicted molar refractivity (Wildman–Crippen MR) is 95.0 cm³/mol. The first-order valence-electron chi connectivity index (χ1n) is 8.48. The Hall–Kier alpha value is -2.66. The Morgan fingerprint density at radius 1 is 1.00 bits per heavy atom. The zero-order valence-electron chi connectivity index (χ0n) is 14.3. The first kappa shape index (κ1) is 17.2. The molecular formula is C20H22N2O3. The van der Waals surface area contributed by atoms with Crippen molar-refractivity contribution in [2.45, 2.75) is 18.9 Å². The summed E-state index contributed by atoms with van der Waals surface area (Å²) in [5.41, 5.74) is 0.703. The lowest BCUT2D eigenvalue weighted by molar-refractivity contribution is -0.132. The fraction of sp³-hybridized carbons (Fsp3) is 0.300. The zero-order valence-corrected chi connectivity index (χ0v) is 14.3. The Kier molecular flexibility index (Phi) is 5.14. The highest BCUT2D eigenvalue weighted by atomic mass is 16.5. The molecule has 0 unspecified atom stereocenters.